The Labute approximate surface area is 119 Å². The zero-order chi connectivity index (χ0) is 14.6. The molecule has 2 atom stereocenters. The maximum atomic E-state index is 12.3. The molecule has 1 aromatic carbocycles. The smallest absolute Gasteiger partial charge is 0.240 e. The summed E-state index contributed by atoms with van der Waals surface area (Å²) in [7, 11) is -3.56. The molecule has 20 heavy (non-hydrogen) atoms. The summed E-state index contributed by atoms with van der Waals surface area (Å²) in [5.74, 6) is 0.00244. The lowest BCUT2D eigenvalue weighted by molar-refractivity contribution is 0.213. The van der Waals surface area contributed by atoms with Crippen molar-refractivity contribution in [2.75, 3.05) is 6.61 Å². The molecular formula is C14H18N2O3S. The number of nitrogens with one attached hydrogen (secondary N) is 1. The second-order valence-corrected chi connectivity index (χ2v) is 6.79. The predicted octanol–water partition coefficient (Wildman–Crippen LogP) is 1.19. The maximum absolute atomic E-state index is 12.3. The van der Waals surface area contributed by atoms with E-state index in [2.05, 4.69) is 4.72 Å². The summed E-state index contributed by atoms with van der Waals surface area (Å²) in [5, 5.41) is 17.8. The highest BCUT2D eigenvalue weighted by molar-refractivity contribution is 7.89. The van der Waals surface area contributed by atoms with E-state index in [0.29, 0.717) is 0 Å². The van der Waals surface area contributed by atoms with E-state index >= 15 is 0 Å². The van der Waals surface area contributed by atoms with Gasteiger partial charge in [0.05, 0.1) is 17.4 Å². The molecule has 1 aliphatic carbocycles. The number of hydrogen-bond donors (Lipinski definition) is 2. The van der Waals surface area contributed by atoms with Gasteiger partial charge < -0.3 is 5.11 Å². The SMILES string of the molecule is N#CCc1ccc(S(=O)(=O)NC2CCCC2CO)cc1. The first kappa shape index (κ1) is 15.0. The summed E-state index contributed by atoms with van der Waals surface area (Å²) in [4.78, 5) is 0.197. The van der Waals surface area contributed by atoms with Crippen molar-refractivity contribution in [2.45, 2.75) is 36.6 Å². The molecule has 6 heteroatoms. The number of aliphatic hydroxyl groups excluding tert-OH is 1. The highest BCUT2D eigenvalue weighted by Gasteiger charge is 2.30. The van der Waals surface area contributed by atoms with Gasteiger partial charge in [-0.05, 0) is 36.5 Å². The summed E-state index contributed by atoms with van der Waals surface area (Å²) in [6.07, 6.45) is 2.81. The van der Waals surface area contributed by atoms with Crippen LogP contribution in [0.1, 0.15) is 24.8 Å². The minimum Gasteiger partial charge on any atom is -0.396 e. The average Bonchev–Trinajstić information content (AvgIpc) is 2.86. The number of hydrogen-bond acceptors (Lipinski definition) is 4. The largest absolute Gasteiger partial charge is 0.396 e. The summed E-state index contributed by atoms with van der Waals surface area (Å²) >= 11 is 0. The highest BCUT2D eigenvalue weighted by Crippen LogP contribution is 2.26. The van der Waals surface area contributed by atoms with Crippen molar-refractivity contribution in [3.05, 3.63) is 29.8 Å². The Bertz CT molecular complexity index is 590. The molecule has 1 aliphatic rings. The monoisotopic (exact) mass is 294 g/mol. The molecule has 0 amide bonds. The summed E-state index contributed by atoms with van der Waals surface area (Å²) < 4.78 is 27.2. The number of nitriles is 1. The fourth-order valence-electron chi connectivity index (χ4n) is 2.56. The van der Waals surface area contributed by atoms with E-state index in [4.69, 9.17) is 5.26 Å². The molecule has 0 radical (unpaired) electrons. The van der Waals surface area contributed by atoms with Gasteiger partial charge >= 0.3 is 0 Å². The van der Waals surface area contributed by atoms with Crippen molar-refractivity contribution >= 4 is 10.0 Å². The standard InChI is InChI=1S/C14H18N2O3S/c15-9-8-11-4-6-13(7-5-11)20(18,19)16-14-3-1-2-12(14)10-17/h4-7,12,14,16-17H,1-3,8,10H2. The molecule has 1 saturated carbocycles. The van der Waals surface area contributed by atoms with Crippen LogP contribution in [0.4, 0.5) is 0 Å². The fourth-order valence-corrected chi connectivity index (χ4v) is 3.89. The molecule has 1 fully saturated rings. The van der Waals surface area contributed by atoms with Gasteiger partial charge in [0.2, 0.25) is 10.0 Å². The second-order valence-electron chi connectivity index (χ2n) is 5.08. The van der Waals surface area contributed by atoms with E-state index in [-0.39, 0.29) is 29.9 Å². The van der Waals surface area contributed by atoms with Gasteiger partial charge in [0.25, 0.3) is 0 Å². The third kappa shape index (κ3) is 3.37. The zero-order valence-electron chi connectivity index (χ0n) is 11.1. The lowest BCUT2D eigenvalue weighted by atomic mass is 10.1. The predicted molar refractivity (Wildman–Crippen MR) is 74.3 cm³/mol. The van der Waals surface area contributed by atoms with Gasteiger partial charge in [0.15, 0.2) is 0 Å². The van der Waals surface area contributed by atoms with Gasteiger partial charge in [-0.3, -0.25) is 0 Å². The van der Waals surface area contributed by atoms with E-state index in [1.54, 1.807) is 12.1 Å². The Balaban J connectivity index is 2.12. The van der Waals surface area contributed by atoms with Crippen LogP contribution in [-0.2, 0) is 16.4 Å². The van der Waals surface area contributed by atoms with Gasteiger partial charge in [-0.25, -0.2) is 13.1 Å². The fraction of sp³-hybridized carbons (Fsp3) is 0.500. The topological polar surface area (TPSA) is 90.2 Å². The summed E-state index contributed by atoms with van der Waals surface area (Å²) in [6, 6.07) is 8.15. The van der Waals surface area contributed by atoms with Crippen LogP contribution in [0, 0.1) is 17.2 Å². The molecular weight excluding hydrogens is 276 g/mol. The Kier molecular flexibility index (Phi) is 4.76. The highest BCUT2D eigenvalue weighted by atomic mass is 32.2. The van der Waals surface area contributed by atoms with Gasteiger partial charge in [-0.15, -0.1) is 0 Å². The third-order valence-electron chi connectivity index (χ3n) is 3.72. The first-order chi connectivity index (χ1) is 9.56. The van der Waals surface area contributed by atoms with Gasteiger partial charge in [0, 0.05) is 12.6 Å². The Morgan fingerprint density at radius 2 is 2.00 bits per heavy atom. The average molecular weight is 294 g/mol. The summed E-state index contributed by atoms with van der Waals surface area (Å²) in [6.45, 7) is 0.00823. The molecule has 0 spiro atoms. The van der Waals surface area contributed by atoms with E-state index in [1.807, 2.05) is 6.07 Å². The van der Waals surface area contributed by atoms with Crippen molar-refractivity contribution in [3.8, 4) is 6.07 Å². The molecule has 0 aliphatic heterocycles. The molecule has 0 bridgehead atoms. The van der Waals surface area contributed by atoms with Crippen LogP contribution < -0.4 is 4.72 Å². The Morgan fingerprint density at radius 3 is 2.60 bits per heavy atom. The lowest BCUT2D eigenvalue weighted by Gasteiger charge is -2.19. The van der Waals surface area contributed by atoms with Crippen molar-refractivity contribution < 1.29 is 13.5 Å². The van der Waals surface area contributed by atoms with Crippen LogP contribution in [0.2, 0.25) is 0 Å². The molecule has 0 heterocycles. The maximum Gasteiger partial charge on any atom is 0.240 e. The molecule has 5 nitrogen and oxygen atoms in total. The van der Waals surface area contributed by atoms with Crippen molar-refractivity contribution in [3.63, 3.8) is 0 Å². The summed E-state index contributed by atoms with van der Waals surface area (Å²) in [5.41, 5.74) is 0.792. The van der Waals surface area contributed by atoms with Gasteiger partial charge in [0.1, 0.15) is 0 Å². The molecule has 108 valence electrons. The van der Waals surface area contributed by atoms with E-state index < -0.39 is 10.0 Å². The molecule has 0 aromatic heterocycles. The van der Waals surface area contributed by atoms with Crippen molar-refractivity contribution in [1.82, 2.24) is 4.72 Å². The second kappa shape index (κ2) is 6.35. The lowest BCUT2D eigenvalue weighted by Crippen LogP contribution is -2.38. The van der Waals surface area contributed by atoms with E-state index in [1.165, 1.54) is 12.1 Å². The van der Waals surface area contributed by atoms with E-state index in [0.717, 1.165) is 24.8 Å². The number of rotatable bonds is 5. The minimum atomic E-state index is -3.56. The molecule has 2 rings (SSSR count). The molecule has 0 saturated heterocycles. The molecule has 2 unspecified atom stereocenters. The third-order valence-corrected chi connectivity index (χ3v) is 5.22. The van der Waals surface area contributed by atoms with Crippen LogP contribution in [0.3, 0.4) is 0 Å². The van der Waals surface area contributed by atoms with E-state index in [9.17, 15) is 13.5 Å². The van der Waals surface area contributed by atoms with Crippen molar-refractivity contribution in [2.24, 2.45) is 5.92 Å². The minimum absolute atomic E-state index is 0.00244. The molecule has 2 N–H and O–H groups in total. The van der Waals surface area contributed by atoms with Crippen molar-refractivity contribution in [1.29, 1.82) is 5.26 Å². The number of benzene rings is 1. The zero-order valence-corrected chi connectivity index (χ0v) is 11.9. The number of nitrogens with zero attached hydrogens (tertiary/aromatic N) is 1. The first-order valence-electron chi connectivity index (χ1n) is 6.66. The van der Waals surface area contributed by atoms with Crippen LogP contribution in [0.15, 0.2) is 29.2 Å². The quantitative estimate of drug-likeness (QED) is 0.853. The number of aliphatic hydroxyl groups is 1. The van der Waals surface area contributed by atoms with Gasteiger partial charge in [-0.2, -0.15) is 5.26 Å². The van der Waals surface area contributed by atoms with Gasteiger partial charge in [-0.1, -0.05) is 18.6 Å². The molecule has 1 aromatic rings. The van der Waals surface area contributed by atoms with Crippen LogP contribution in [-0.4, -0.2) is 26.2 Å². The van der Waals surface area contributed by atoms with Crippen LogP contribution >= 0.6 is 0 Å². The Morgan fingerprint density at radius 1 is 1.30 bits per heavy atom. The van der Waals surface area contributed by atoms with Crippen LogP contribution in [0.25, 0.3) is 0 Å². The number of sulfonamides is 1. The normalized spacial score (nSPS) is 22.6. The Hall–Kier alpha value is -1.42. The van der Waals surface area contributed by atoms with Crippen LogP contribution in [0.5, 0.6) is 0 Å². The first-order valence-corrected chi connectivity index (χ1v) is 8.14.